The van der Waals surface area contributed by atoms with Crippen molar-refractivity contribution in [2.75, 3.05) is 39.9 Å². The van der Waals surface area contributed by atoms with Crippen LogP contribution in [0.5, 0.6) is 17.2 Å². The number of fused-ring (bicyclic) bond motifs is 1. The van der Waals surface area contributed by atoms with E-state index in [-0.39, 0.29) is 11.9 Å². The Bertz CT molecular complexity index is 906. The predicted molar refractivity (Wildman–Crippen MR) is 121 cm³/mol. The number of phenols is 1. The van der Waals surface area contributed by atoms with Crippen LogP contribution in [0, 0.1) is 0 Å². The van der Waals surface area contributed by atoms with Gasteiger partial charge in [0.15, 0.2) is 11.5 Å². The van der Waals surface area contributed by atoms with Gasteiger partial charge < -0.3 is 19.7 Å². The van der Waals surface area contributed by atoms with Crippen LogP contribution in [0.25, 0.3) is 6.08 Å². The highest BCUT2D eigenvalue weighted by atomic mass is 16.5. The second-order valence-corrected chi connectivity index (χ2v) is 8.37. The summed E-state index contributed by atoms with van der Waals surface area (Å²) in [5.41, 5.74) is 3.52. The van der Waals surface area contributed by atoms with E-state index in [1.165, 1.54) is 11.1 Å². The molecule has 2 aliphatic heterocycles. The van der Waals surface area contributed by atoms with Crippen LogP contribution in [-0.4, -0.2) is 66.0 Å². The molecule has 0 atom stereocenters. The first-order valence-corrected chi connectivity index (χ1v) is 11.0. The molecule has 2 heterocycles. The number of hydrogen-bond donors (Lipinski definition) is 2. The van der Waals surface area contributed by atoms with Gasteiger partial charge in [-0.25, -0.2) is 0 Å². The van der Waals surface area contributed by atoms with Crippen molar-refractivity contribution in [2.24, 2.45) is 0 Å². The number of piperidine rings is 1. The Morgan fingerprint density at radius 3 is 2.74 bits per heavy atom. The van der Waals surface area contributed by atoms with E-state index in [0.29, 0.717) is 12.4 Å². The lowest BCUT2D eigenvalue weighted by molar-refractivity contribution is 0.0792. The molecule has 2 aromatic rings. The van der Waals surface area contributed by atoms with E-state index in [1.54, 1.807) is 13.2 Å². The minimum absolute atomic E-state index is 0.138. The third kappa shape index (κ3) is 5.79. The molecule has 0 unspecified atom stereocenters. The molecule has 0 radical (unpaired) electrons. The Balaban J connectivity index is 1.38. The van der Waals surface area contributed by atoms with Gasteiger partial charge in [-0.05, 0) is 48.2 Å². The number of methoxy groups -OCH3 is 1. The molecule has 1 saturated heterocycles. The summed E-state index contributed by atoms with van der Waals surface area (Å²) in [6.45, 7) is 6.05. The molecule has 6 heteroatoms. The molecule has 0 aromatic heterocycles. The fourth-order valence-corrected chi connectivity index (χ4v) is 4.23. The van der Waals surface area contributed by atoms with Crippen molar-refractivity contribution >= 4 is 6.08 Å². The Morgan fingerprint density at radius 1 is 1.10 bits per heavy atom. The average molecular weight is 425 g/mol. The Kier molecular flexibility index (Phi) is 7.12. The zero-order valence-corrected chi connectivity index (χ0v) is 18.2. The van der Waals surface area contributed by atoms with Gasteiger partial charge in [0.2, 0.25) is 0 Å². The molecule has 2 N–H and O–H groups in total. The number of likely N-dealkylation sites (tertiary alicyclic amines) is 1. The summed E-state index contributed by atoms with van der Waals surface area (Å²) in [4.78, 5) is 4.79. The smallest absolute Gasteiger partial charge is 0.161 e. The van der Waals surface area contributed by atoms with Gasteiger partial charge in [-0.2, -0.15) is 0 Å². The minimum Gasteiger partial charge on any atom is -0.504 e. The summed E-state index contributed by atoms with van der Waals surface area (Å²) in [7, 11) is 1.56. The number of phenolic OH excluding ortho intramolecular Hbond substituents is 1. The number of rotatable bonds is 6. The van der Waals surface area contributed by atoms with Crippen molar-refractivity contribution in [3.05, 3.63) is 59.2 Å². The largest absolute Gasteiger partial charge is 0.504 e. The van der Waals surface area contributed by atoms with Gasteiger partial charge in [-0.3, -0.25) is 9.80 Å². The minimum atomic E-state index is -0.138. The summed E-state index contributed by atoms with van der Waals surface area (Å²) in [6, 6.07) is 11.9. The summed E-state index contributed by atoms with van der Waals surface area (Å²) < 4.78 is 11.2. The number of aromatic hydroxyl groups is 1. The van der Waals surface area contributed by atoms with E-state index in [4.69, 9.17) is 9.47 Å². The summed E-state index contributed by atoms with van der Waals surface area (Å²) in [5.74, 6) is 1.61. The number of benzene rings is 2. The fourth-order valence-electron chi connectivity index (χ4n) is 4.23. The number of nitrogens with zero attached hydrogens (tertiary/aromatic N) is 2. The average Bonchev–Trinajstić information content (AvgIpc) is 2.98. The molecule has 0 amide bonds. The van der Waals surface area contributed by atoms with Crippen molar-refractivity contribution in [3.63, 3.8) is 0 Å². The Labute approximate surface area is 184 Å². The van der Waals surface area contributed by atoms with Gasteiger partial charge in [0, 0.05) is 44.8 Å². The first-order chi connectivity index (χ1) is 15.1. The van der Waals surface area contributed by atoms with Crippen LogP contribution in [0.15, 0.2) is 42.5 Å². The van der Waals surface area contributed by atoms with E-state index < -0.39 is 0 Å². The van der Waals surface area contributed by atoms with Gasteiger partial charge >= 0.3 is 0 Å². The van der Waals surface area contributed by atoms with Gasteiger partial charge in [0.05, 0.1) is 13.2 Å². The van der Waals surface area contributed by atoms with Gasteiger partial charge in [0.25, 0.3) is 0 Å². The molecule has 2 aliphatic rings. The van der Waals surface area contributed by atoms with Crippen LogP contribution >= 0.6 is 0 Å². The van der Waals surface area contributed by atoms with E-state index >= 15 is 0 Å². The lowest BCUT2D eigenvalue weighted by Crippen LogP contribution is -2.35. The fraction of sp³-hybridized carbons (Fsp3) is 0.440. The predicted octanol–water partition coefficient (Wildman–Crippen LogP) is 3.27. The van der Waals surface area contributed by atoms with Crippen molar-refractivity contribution in [3.8, 4) is 17.2 Å². The van der Waals surface area contributed by atoms with Gasteiger partial charge in [0.1, 0.15) is 12.4 Å². The molecule has 4 rings (SSSR count). The van der Waals surface area contributed by atoms with Crippen LogP contribution in [-0.2, 0) is 13.1 Å². The van der Waals surface area contributed by atoms with E-state index in [0.717, 1.165) is 63.4 Å². The molecule has 31 heavy (non-hydrogen) atoms. The quantitative estimate of drug-likeness (QED) is 0.742. The van der Waals surface area contributed by atoms with Crippen LogP contribution in [0.3, 0.4) is 0 Å². The van der Waals surface area contributed by atoms with E-state index in [9.17, 15) is 10.2 Å². The van der Waals surface area contributed by atoms with Crippen molar-refractivity contribution in [1.29, 1.82) is 0 Å². The molecule has 0 spiro atoms. The van der Waals surface area contributed by atoms with Crippen molar-refractivity contribution < 1.29 is 19.7 Å². The maximum absolute atomic E-state index is 9.74. The zero-order valence-electron chi connectivity index (χ0n) is 18.2. The number of aliphatic hydroxyl groups excluding tert-OH is 1. The molecule has 0 bridgehead atoms. The number of aliphatic hydroxyl groups is 1. The Hall–Kier alpha value is -2.54. The zero-order chi connectivity index (χ0) is 21.6. The van der Waals surface area contributed by atoms with E-state index in [1.807, 2.05) is 12.1 Å². The van der Waals surface area contributed by atoms with Crippen LogP contribution < -0.4 is 9.47 Å². The van der Waals surface area contributed by atoms with Gasteiger partial charge in [-0.15, -0.1) is 0 Å². The standard InChI is InChI=1S/C25H32N2O4/c1-30-25-16-19(4-6-23(25)29)3-2-10-26-13-14-31-24-7-5-20(15-21(24)18-26)17-27-11-8-22(28)9-12-27/h2-7,15-16,22,28-29H,8-14,17-18H2,1H3/b3-2+. The maximum atomic E-state index is 9.74. The van der Waals surface area contributed by atoms with Crippen molar-refractivity contribution in [1.82, 2.24) is 9.80 Å². The molecule has 1 fully saturated rings. The first kappa shape index (κ1) is 21.7. The summed E-state index contributed by atoms with van der Waals surface area (Å²) in [5, 5.41) is 19.5. The molecule has 6 nitrogen and oxygen atoms in total. The third-order valence-electron chi connectivity index (χ3n) is 6.02. The topological polar surface area (TPSA) is 65.4 Å². The second kappa shape index (κ2) is 10.2. The molecule has 0 aliphatic carbocycles. The Morgan fingerprint density at radius 2 is 1.94 bits per heavy atom. The maximum Gasteiger partial charge on any atom is 0.161 e. The lowest BCUT2D eigenvalue weighted by Gasteiger charge is -2.29. The van der Waals surface area contributed by atoms with Crippen molar-refractivity contribution in [2.45, 2.75) is 32.0 Å². The monoisotopic (exact) mass is 424 g/mol. The van der Waals surface area contributed by atoms with E-state index in [2.05, 4.69) is 40.2 Å². The highest BCUT2D eigenvalue weighted by Crippen LogP contribution is 2.27. The molecular weight excluding hydrogens is 392 g/mol. The van der Waals surface area contributed by atoms with Crippen LogP contribution in [0.4, 0.5) is 0 Å². The van der Waals surface area contributed by atoms with Crippen LogP contribution in [0.2, 0.25) is 0 Å². The lowest BCUT2D eigenvalue weighted by atomic mass is 10.1. The van der Waals surface area contributed by atoms with Crippen LogP contribution in [0.1, 0.15) is 29.5 Å². The number of hydrogen-bond acceptors (Lipinski definition) is 6. The SMILES string of the molecule is COc1cc(/C=C/CN2CCOc3ccc(CN4CCC(O)CC4)cc3C2)ccc1O. The second-order valence-electron chi connectivity index (χ2n) is 8.37. The highest BCUT2D eigenvalue weighted by molar-refractivity contribution is 5.55. The first-order valence-electron chi connectivity index (χ1n) is 11.0. The highest BCUT2D eigenvalue weighted by Gasteiger charge is 2.19. The molecule has 0 saturated carbocycles. The summed E-state index contributed by atoms with van der Waals surface area (Å²) >= 11 is 0. The molecular formula is C25H32N2O4. The third-order valence-corrected chi connectivity index (χ3v) is 6.02. The van der Waals surface area contributed by atoms with Gasteiger partial charge in [-0.1, -0.05) is 24.3 Å². The number of ether oxygens (including phenoxy) is 2. The summed E-state index contributed by atoms with van der Waals surface area (Å²) in [6.07, 6.45) is 5.78. The molecule has 2 aromatic carbocycles. The molecule has 166 valence electrons. The normalized spacial score (nSPS) is 18.5.